The minimum atomic E-state index is -0.962. The average molecular weight is 304 g/mol. The minimum absolute atomic E-state index is 0.0417. The quantitative estimate of drug-likeness (QED) is 0.787. The Morgan fingerprint density at radius 3 is 2.82 bits per heavy atom. The molecule has 22 heavy (non-hydrogen) atoms. The first kappa shape index (κ1) is 16.1. The summed E-state index contributed by atoms with van der Waals surface area (Å²) in [5.41, 5.74) is 2.46. The highest BCUT2D eigenvalue weighted by Crippen LogP contribution is 2.09. The van der Waals surface area contributed by atoms with Gasteiger partial charge >= 0.3 is 0 Å². The predicted molar refractivity (Wildman–Crippen MR) is 80.4 cm³/mol. The summed E-state index contributed by atoms with van der Waals surface area (Å²) < 4.78 is 1.60. The number of likely N-dealkylation sites (N-methyl/N-ethyl adjacent to an activating group) is 1. The van der Waals surface area contributed by atoms with E-state index in [-0.39, 0.29) is 18.1 Å². The van der Waals surface area contributed by atoms with E-state index in [1.807, 2.05) is 31.2 Å². The van der Waals surface area contributed by atoms with Crippen molar-refractivity contribution in [3.8, 4) is 0 Å². The molecule has 2 aromatic rings. The Hall–Kier alpha value is -2.25. The van der Waals surface area contributed by atoms with Gasteiger partial charge in [-0.25, -0.2) is 4.68 Å². The molecule has 1 aromatic carbocycles. The van der Waals surface area contributed by atoms with Crippen LogP contribution in [-0.4, -0.2) is 62.3 Å². The molecule has 7 nitrogen and oxygen atoms in total. The standard InChI is InChI=1S/C15H20N4O3/c1-11-5-3-4-6-12(11)7-19-9-14(16-17-19)15(22)18(2)8-13(21)10-20/h3-6,9,13,20-21H,7-8,10H2,1-2H3/t13-/m1/s1. The van der Waals surface area contributed by atoms with Crippen LogP contribution in [0.5, 0.6) is 0 Å². The summed E-state index contributed by atoms with van der Waals surface area (Å²) in [6, 6.07) is 7.94. The third kappa shape index (κ3) is 3.90. The second-order valence-corrected chi connectivity index (χ2v) is 5.25. The molecule has 0 saturated heterocycles. The van der Waals surface area contributed by atoms with Crippen molar-refractivity contribution in [2.75, 3.05) is 20.2 Å². The summed E-state index contributed by atoms with van der Waals surface area (Å²) in [7, 11) is 1.54. The Morgan fingerprint density at radius 2 is 2.14 bits per heavy atom. The molecule has 2 N–H and O–H groups in total. The zero-order valence-electron chi connectivity index (χ0n) is 12.7. The average Bonchev–Trinajstić information content (AvgIpc) is 2.97. The predicted octanol–water partition coefficient (Wildman–Crippen LogP) is 0.0600. The number of rotatable bonds is 6. The van der Waals surface area contributed by atoms with E-state index < -0.39 is 12.7 Å². The lowest BCUT2D eigenvalue weighted by molar-refractivity contribution is 0.0516. The normalized spacial score (nSPS) is 12.2. The Bertz CT molecular complexity index is 641. The van der Waals surface area contributed by atoms with Crippen LogP contribution in [0.2, 0.25) is 0 Å². The van der Waals surface area contributed by atoms with E-state index in [0.29, 0.717) is 6.54 Å². The van der Waals surface area contributed by atoms with Crippen LogP contribution in [0.15, 0.2) is 30.5 Å². The van der Waals surface area contributed by atoms with Crippen molar-refractivity contribution in [2.45, 2.75) is 19.6 Å². The van der Waals surface area contributed by atoms with E-state index in [4.69, 9.17) is 5.11 Å². The van der Waals surface area contributed by atoms with Gasteiger partial charge in [-0.3, -0.25) is 4.79 Å². The SMILES string of the molecule is Cc1ccccc1Cn1cc(C(=O)N(C)C[C@@H](O)CO)nn1. The minimum Gasteiger partial charge on any atom is -0.394 e. The van der Waals surface area contributed by atoms with Crippen LogP contribution >= 0.6 is 0 Å². The first-order valence-electron chi connectivity index (χ1n) is 7.00. The third-order valence-corrected chi connectivity index (χ3v) is 3.39. The van der Waals surface area contributed by atoms with Gasteiger partial charge in [0.05, 0.1) is 25.5 Å². The third-order valence-electron chi connectivity index (χ3n) is 3.39. The molecule has 1 atom stereocenters. The molecule has 0 radical (unpaired) electrons. The van der Waals surface area contributed by atoms with Crippen molar-refractivity contribution < 1.29 is 15.0 Å². The van der Waals surface area contributed by atoms with Crippen molar-refractivity contribution in [3.05, 3.63) is 47.3 Å². The van der Waals surface area contributed by atoms with Gasteiger partial charge in [0.2, 0.25) is 0 Å². The van der Waals surface area contributed by atoms with E-state index in [9.17, 15) is 9.90 Å². The lowest BCUT2D eigenvalue weighted by atomic mass is 10.1. The van der Waals surface area contributed by atoms with Crippen LogP contribution in [0, 0.1) is 6.92 Å². The van der Waals surface area contributed by atoms with Gasteiger partial charge < -0.3 is 15.1 Å². The number of benzene rings is 1. The summed E-state index contributed by atoms with van der Waals surface area (Å²) in [5, 5.41) is 26.0. The summed E-state index contributed by atoms with van der Waals surface area (Å²) in [5.74, 6) is -0.344. The fourth-order valence-corrected chi connectivity index (χ4v) is 2.09. The highest BCUT2D eigenvalue weighted by molar-refractivity contribution is 5.91. The van der Waals surface area contributed by atoms with Crippen LogP contribution in [0.25, 0.3) is 0 Å². The number of nitrogens with zero attached hydrogens (tertiary/aromatic N) is 4. The second kappa shape index (κ2) is 7.15. The number of aliphatic hydroxyl groups is 2. The van der Waals surface area contributed by atoms with Crippen LogP contribution in [0.1, 0.15) is 21.6 Å². The molecule has 0 bridgehead atoms. The van der Waals surface area contributed by atoms with Gasteiger partial charge in [0.25, 0.3) is 5.91 Å². The van der Waals surface area contributed by atoms with Crippen molar-refractivity contribution >= 4 is 5.91 Å². The highest BCUT2D eigenvalue weighted by Gasteiger charge is 2.18. The number of aromatic nitrogens is 3. The molecule has 0 unspecified atom stereocenters. The van der Waals surface area contributed by atoms with Crippen LogP contribution in [0.4, 0.5) is 0 Å². The monoisotopic (exact) mass is 304 g/mol. The fraction of sp³-hybridized carbons (Fsp3) is 0.400. The van der Waals surface area contributed by atoms with Crippen molar-refractivity contribution in [1.82, 2.24) is 19.9 Å². The Morgan fingerprint density at radius 1 is 1.41 bits per heavy atom. The Kier molecular flexibility index (Phi) is 5.24. The van der Waals surface area contributed by atoms with Gasteiger partial charge in [-0.1, -0.05) is 29.5 Å². The zero-order valence-corrected chi connectivity index (χ0v) is 12.7. The molecule has 1 amide bonds. The fourth-order valence-electron chi connectivity index (χ4n) is 2.09. The molecule has 7 heteroatoms. The van der Waals surface area contributed by atoms with E-state index >= 15 is 0 Å². The van der Waals surface area contributed by atoms with Gasteiger partial charge in [-0.15, -0.1) is 5.10 Å². The highest BCUT2D eigenvalue weighted by atomic mass is 16.3. The van der Waals surface area contributed by atoms with Crippen LogP contribution in [0.3, 0.4) is 0 Å². The van der Waals surface area contributed by atoms with Gasteiger partial charge in [-0.05, 0) is 18.1 Å². The van der Waals surface area contributed by atoms with E-state index in [1.54, 1.807) is 17.9 Å². The summed E-state index contributed by atoms with van der Waals surface area (Å²) in [6.07, 6.45) is 0.618. The van der Waals surface area contributed by atoms with E-state index in [2.05, 4.69) is 10.3 Å². The van der Waals surface area contributed by atoms with Crippen molar-refractivity contribution in [1.29, 1.82) is 0 Å². The first-order valence-corrected chi connectivity index (χ1v) is 7.00. The molecular weight excluding hydrogens is 284 g/mol. The van der Waals surface area contributed by atoms with Gasteiger partial charge in [0.1, 0.15) is 0 Å². The molecule has 0 aliphatic carbocycles. The lowest BCUT2D eigenvalue weighted by Gasteiger charge is -2.18. The number of aryl methyl sites for hydroxylation is 1. The molecule has 0 spiro atoms. The Balaban J connectivity index is 2.05. The summed E-state index contributed by atoms with van der Waals surface area (Å²) in [6.45, 7) is 2.20. The maximum Gasteiger partial charge on any atom is 0.275 e. The molecule has 0 aliphatic rings. The largest absolute Gasteiger partial charge is 0.394 e. The molecule has 0 saturated carbocycles. The Labute approximate surface area is 128 Å². The molecule has 1 aromatic heterocycles. The van der Waals surface area contributed by atoms with E-state index in [1.165, 1.54) is 4.90 Å². The van der Waals surface area contributed by atoms with Gasteiger partial charge in [0.15, 0.2) is 5.69 Å². The maximum absolute atomic E-state index is 12.1. The summed E-state index contributed by atoms with van der Waals surface area (Å²) >= 11 is 0. The molecule has 0 aliphatic heterocycles. The smallest absolute Gasteiger partial charge is 0.275 e. The van der Waals surface area contributed by atoms with Gasteiger partial charge in [0, 0.05) is 13.6 Å². The van der Waals surface area contributed by atoms with Crippen LogP contribution in [-0.2, 0) is 6.54 Å². The maximum atomic E-state index is 12.1. The molecule has 0 fully saturated rings. The molecule has 118 valence electrons. The first-order chi connectivity index (χ1) is 10.5. The van der Waals surface area contributed by atoms with Gasteiger partial charge in [-0.2, -0.15) is 0 Å². The van der Waals surface area contributed by atoms with E-state index in [0.717, 1.165) is 11.1 Å². The lowest BCUT2D eigenvalue weighted by Crippen LogP contribution is -2.36. The van der Waals surface area contributed by atoms with Crippen molar-refractivity contribution in [2.24, 2.45) is 0 Å². The number of amides is 1. The number of hydrogen-bond donors (Lipinski definition) is 2. The number of carbonyl (C=O) groups excluding carboxylic acids is 1. The number of carbonyl (C=O) groups is 1. The van der Waals surface area contributed by atoms with Crippen molar-refractivity contribution in [3.63, 3.8) is 0 Å². The van der Waals surface area contributed by atoms with Crippen LogP contribution < -0.4 is 0 Å². The summed E-state index contributed by atoms with van der Waals surface area (Å²) in [4.78, 5) is 13.5. The molecule has 2 rings (SSSR count). The topological polar surface area (TPSA) is 91.5 Å². The molecular formula is C15H20N4O3. The number of aliphatic hydroxyl groups excluding tert-OH is 2. The zero-order chi connectivity index (χ0) is 16.1. The molecule has 1 heterocycles. The number of hydrogen-bond acceptors (Lipinski definition) is 5. The second-order valence-electron chi connectivity index (χ2n) is 5.25.